The molecule has 1 aliphatic rings. The highest BCUT2D eigenvalue weighted by Crippen LogP contribution is 2.36. The quantitative estimate of drug-likeness (QED) is 0.422. The molecule has 6 heteroatoms. The normalized spacial score (nSPS) is 12.7. The SMILES string of the molecule is O=C1c2cccc(O)c2C(=O)c2c(O)cc(/C=N/OCc3ccccc3)cc21. The fraction of sp³-hybridized carbons (Fsp3) is 0.0455. The maximum atomic E-state index is 12.8. The minimum absolute atomic E-state index is 0.0626. The molecule has 0 saturated heterocycles. The van der Waals surface area contributed by atoms with Crippen molar-refractivity contribution in [3.8, 4) is 11.5 Å². The van der Waals surface area contributed by atoms with E-state index < -0.39 is 11.6 Å². The Labute approximate surface area is 160 Å². The fourth-order valence-electron chi connectivity index (χ4n) is 3.16. The number of benzene rings is 3. The third-order valence-corrected chi connectivity index (χ3v) is 4.48. The van der Waals surface area contributed by atoms with Crippen LogP contribution in [0.3, 0.4) is 0 Å². The molecule has 0 amide bonds. The number of ketones is 2. The Bertz CT molecular complexity index is 1120. The number of aromatic hydroxyl groups is 2. The van der Waals surface area contributed by atoms with Crippen LogP contribution in [-0.4, -0.2) is 28.0 Å². The van der Waals surface area contributed by atoms with Crippen molar-refractivity contribution in [2.45, 2.75) is 6.61 Å². The first-order valence-electron chi connectivity index (χ1n) is 8.54. The Hall–Kier alpha value is -3.93. The molecule has 0 spiro atoms. The van der Waals surface area contributed by atoms with Crippen LogP contribution in [-0.2, 0) is 11.4 Å². The van der Waals surface area contributed by atoms with E-state index in [9.17, 15) is 19.8 Å². The predicted molar refractivity (Wildman–Crippen MR) is 102 cm³/mol. The van der Waals surface area contributed by atoms with Crippen LogP contribution in [0.4, 0.5) is 0 Å². The van der Waals surface area contributed by atoms with Crippen molar-refractivity contribution >= 4 is 17.8 Å². The zero-order valence-corrected chi connectivity index (χ0v) is 14.6. The van der Waals surface area contributed by atoms with E-state index in [0.29, 0.717) is 5.56 Å². The van der Waals surface area contributed by atoms with Crippen LogP contribution >= 0.6 is 0 Å². The Morgan fingerprint density at radius 1 is 0.821 bits per heavy atom. The fourth-order valence-corrected chi connectivity index (χ4v) is 3.16. The van der Waals surface area contributed by atoms with Gasteiger partial charge in [0.15, 0.2) is 5.78 Å². The second-order valence-electron chi connectivity index (χ2n) is 6.31. The van der Waals surface area contributed by atoms with Gasteiger partial charge in [0.25, 0.3) is 0 Å². The maximum Gasteiger partial charge on any atom is 0.201 e. The van der Waals surface area contributed by atoms with E-state index in [2.05, 4.69) is 5.16 Å². The summed E-state index contributed by atoms with van der Waals surface area (Å²) in [7, 11) is 0. The minimum Gasteiger partial charge on any atom is -0.507 e. The highest BCUT2D eigenvalue weighted by molar-refractivity contribution is 6.30. The highest BCUT2D eigenvalue weighted by Gasteiger charge is 2.34. The largest absolute Gasteiger partial charge is 0.507 e. The average Bonchev–Trinajstić information content (AvgIpc) is 2.69. The van der Waals surface area contributed by atoms with Crippen molar-refractivity contribution in [2.75, 3.05) is 0 Å². The molecule has 3 aromatic carbocycles. The molecule has 0 aliphatic heterocycles. The summed E-state index contributed by atoms with van der Waals surface area (Å²) in [6, 6.07) is 16.6. The summed E-state index contributed by atoms with van der Waals surface area (Å²) in [6.45, 7) is 0.276. The Morgan fingerprint density at radius 2 is 1.57 bits per heavy atom. The zero-order valence-electron chi connectivity index (χ0n) is 14.6. The lowest BCUT2D eigenvalue weighted by Crippen LogP contribution is -2.21. The monoisotopic (exact) mass is 373 g/mol. The van der Waals surface area contributed by atoms with E-state index >= 15 is 0 Å². The molecule has 0 saturated carbocycles. The van der Waals surface area contributed by atoms with Crippen molar-refractivity contribution in [3.63, 3.8) is 0 Å². The van der Waals surface area contributed by atoms with Gasteiger partial charge in [0, 0.05) is 16.7 Å². The molecule has 0 fully saturated rings. The Kier molecular flexibility index (Phi) is 4.37. The van der Waals surface area contributed by atoms with Gasteiger partial charge in [-0.2, -0.15) is 0 Å². The second-order valence-corrected chi connectivity index (χ2v) is 6.31. The minimum atomic E-state index is -0.594. The maximum absolute atomic E-state index is 12.8. The third kappa shape index (κ3) is 3.01. The van der Waals surface area contributed by atoms with E-state index in [0.717, 1.165) is 5.56 Å². The van der Waals surface area contributed by atoms with Gasteiger partial charge in [0.1, 0.15) is 18.1 Å². The van der Waals surface area contributed by atoms with Gasteiger partial charge in [-0.15, -0.1) is 0 Å². The van der Waals surface area contributed by atoms with Crippen molar-refractivity contribution in [3.05, 3.63) is 94.0 Å². The number of nitrogens with zero attached hydrogens (tertiary/aromatic N) is 1. The molecule has 0 heterocycles. The van der Waals surface area contributed by atoms with Crippen LogP contribution < -0.4 is 0 Å². The van der Waals surface area contributed by atoms with Crippen LogP contribution in [0.5, 0.6) is 11.5 Å². The number of carbonyl (C=O) groups is 2. The summed E-state index contributed by atoms with van der Waals surface area (Å²) in [5.41, 5.74) is 1.31. The lowest BCUT2D eigenvalue weighted by Gasteiger charge is -2.19. The molecular formula is C22H15NO5. The van der Waals surface area contributed by atoms with Crippen LogP contribution in [0, 0.1) is 0 Å². The van der Waals surface area contributed by atoms with Crippen LogP contribution in [0.15, 0.2) is 65.8 Å². The smallest absolute Gasteiger partial charge is 0.201 e. The summed E-state index contributed by atoms with van der Waals surface area (Å²) in [5.74, 6) is -1.68. The topological polar surface area (TPSA) is 96.2 Å². The molecule has 0 radical (unpaired) electrons. The van der Waals surface area contributed by atoms with Crippen molar-refractivity contribution < 1.29 is 24.6 Å². The first-order chi connectivity index (χ1) is 13.6. The Balaban J connectivity index is 1.63. The van der Waals surface area contributed by atoms with Crippen LogP contribution in [0.25, 0.3) is 0 Å². The molecule has 2 N–H and O–H groups in total. The lowest BCUT2D eigenvalue weighted by molar-refractivity contribution is 0.0974. The molecule has 1 aliphatic carbocycles. The molecule has 138 valence electrons. The summed E-state index contributed by atoms with van der Waals surface area (Å²) in [4.78, 5) is 30.7. The van der Waals surface area contributed by atoms with Gasteiger partial charge in [-0.1, -0.05) is 47.6 Å². The number of carbonyl (C=O) groups excluding carboxylic acids is 2. The van der Waals surface area contributed by atoms with E-state index in [4.69, 9.17) is 4.84 Å². The molecule has 28 heavy (non-hydrogen) atoms. The predicted octanol–water partition coefficient (Wildman–Crippen LogP) is 3.42. The molecule has 6 nitrogen and oxygen atoms in total. The van der Waals surface area contributed by atoms with Gasteiger partial charge in [0.2, 0.25) is 5.78 Å². The van der Waals surface area contributed by atoms with Crippen molar-refractivity contribution in [1.82, 2.24) is 0 Å². The number of hydrogen-bond donors (Lipinski definition) is 2. The van der Waals surface area contributed by atoms with Crippen molar-refractivity contribution in [2.24, 2.45) is 5.16 Å². The number of hydrogen-bond acceptors (Lipinski definition) is 6. The number of oxime groups is 1. The van der Waals surface area contributed by atoms with Gasteiger partial charge in [-0.25, -0.2) is 0 Å². The van der Waals surface area contributed by atoms with Crippen LogP contribution in [0.2, 0.25) is 0 Å². The van der Waals surface area contributed by atoms with Crippen molar-refractivity contribution in [1.29, 1.82) is 0 Å². The highest BCUT2D eigenvalue weighted by atomic mass is 16.6. The number of fused-ring (bicyclic) bond motifs is 2. The van der Waals surface area contributed by atoms with E-state index in [1.165, 1.54) is 36.5 Å². The average molecular weight is 373 g/mol. The molecule has 0 atom stereocenters. The molecule has 0 unspecified atom stereocenters. The molecule has 0 aromatic heterocycles. The van der Waals surface area contributed by atoms with Gasteiger partial charge in [-0.3, -0.25) is 9.59 Å². The Morgan fingerprint density at radius 3 is 2.36 bits per heavy atom. The summed E-state index contributed by atoms with van der Waals surface area (Å²) < 4.78 is 0. The van der Waals surface area contributed by atoms with Gasteiger partial charge in [0.05, 0.1) is 17.3 Å². The number of rotatable bonds is 4. The first-order valence-corrected chi connectivity index (χ1v) is 8.54. The van der Waals surface area contributed by atoms with E-state index in [1.807, 2.05) is 30.3 Å². The summed E-state index contributed by atoms with van der Waals surface area (Å²) in [6.07, 6.45) is 1.36. The summed E-state index contributed by atoms with van der Waals surface area (Å²) >= 11 is 0. The van der Waals surface area contributed by atoms with Gasteiger partial charge in [-0.05, 0) is 23.8 Å². The van der Waals surface area contributed by atoms with E-state index in [-0.39, 0.29) is 40.4 Å². The molecule has 4 rings (SSSR count). The van der Waals surface area contributed by atoms with Crippen LogP contribution in [0.1, 0.15) is 43.0 Å². The summed E-state index contributed by atoms with van der Waals surface area (Å²) in [5, 5.41) is 24.1. The lowest BCUT2D eigenvalue weighted by atomic mass is 9.82. The molecule has 0 bridgehead atoms. The van der Waals surface area contributed by atoms with Gasteiger partial charge < -0.3 is 15.1 Å². The molecule has 3 aromatic rings. The standard InChI is InChI=1S/C22H15NO5/c24-17-8-4-7-15-19(17)22(27)20-16(21(15)26)9-14(10-18(20)25)11-23-28-12-13-5-2-1-3-6-13/h1-11,24-25H,12H2/b23-11+. The number of phenolic OH excluding ortho intramolecular Hbond substituents is 2. The van der Waals surface area contributed by atoms with E-state index in [1.54, 1.807) is 0 Å². The third-order valence-electron chi connectivity index (χ3n) is 4.48. The number of phenols is 2. The van der Waals surface area contributed by atoms with Gasteiger partial charge >= 0.3 is 0 Å². The molecular weight excluding hydrogens is 358 g/mol. The first kappa shape index (κ1) is 17.5. The zero-order chi connectivity index (χ0) is 19.7. The second kappa shape index (κ2) is 7.00.